The van der Waals surface area contributed by atoms with Gasteiger partial charge in [-0.3, -0.25) is 0 Å². The Balaban J connectivity index is 2.39. The Bertz CT molecular complexity index is 640. The Kier molecular flexibility index (Phi) is 14.8. The molecule has 0 aliphatic rings. The van der Waals surface area contributed by atoms with Gasteiger partial charge in [0.25, 0.3) is 0 Å². The zero-order valence-electron chi connectivity index (χ0n) is 18.7. The molecule has 176 valence electrons. The highest BCUT2D eigenvalue weighted by molar-refractivity contribution is 5.81. The summed E-state index contributed by atoms with van der Waals surface area (Å²) in [6, 6.07) is 3.65. The molecule has 0 aliphatic carbocycles. The maximum Gasteiger partial charge on any atom is 0.328 e. The van der Waals surface area contributed by atoms with Crippen molar-refractivity contribution in [3.63, 3.8) is 0 Å². The lowest BCUT2D eigenvalue weighted by Crippen LogP contribution is -2.27. The summed E-state index contributed by atoms with van der Waals surface area (Å²) in [4.78, 5) is 18.4. The van der Waals surface area contributed by atoms with Crippen molar-refractivity contribution in [3.8, 4) is 0 Å². The van der Waals surface area contributed by atoms with Gasteiger partial charge in [0.2, 0.25) is 0 Å². The molecule has 0 aromatic carbocycles. The van der Waals surface area contributed by atoms with Gasteiger partial charge < -0.3 is 32.0 Å². The van der Waals surface area contributed by atoms with E-state index in [1.807, 2.05) is 18.3 Å². The minimum atomic E-state index is -1.00. The molecule has 1 aromatic heterocycles. The minimum absolute atomic E-state index is 0.0525. The number of nitrogens with zero attached hydrogens (tertiary/aromatic N) is 1. The second kappa shape index (κ2) is 17.2. The first-order valence-corrected chi connectivity index (χ1v) is 11.5. The first kappa shape index (κ1) is 26.6. The summed E-state index contributed by atoms with van der Waals surface area (Å²) in [6.07, 6.45) is 16.7. The molecule has 8 nitrogen and oxygen atoms in total. The van der Waals surface area contributed by atoms with Crippen LogP contribution in [0.25, 0.3) is 0 Å². The fourth-order valence-electron chi connectivity index (χ4n) is 3.61. The molecule has 31 heavy (non-hydrogen) atoms. The number of nitrogens with one attached hydrogen (secondary N) is 2. The van der Waals surface area contributed by atoms with E-state index < -0.39 is 5.97 Å². The Morgan fingerprint density at radius 3 is 2.10 bits per heavy atom. The molecule has 1 atom stereocenters. The van der Waals surface area contributed by atoms with Crippen molar-refractivity contribution in [1.29, 1.82) is 0 Å². The molecule has 8 N–H and O–H groups in total. The van der Waals surface area contributed by atoms with E-state index in [0.717, 1.165) is 37.9 Å². The lowest BCUT2D eigenvalue weighted by molar-refractivity contribution is -0.131. The molecule has 8 heteroatoms. The highest BCUT2D eigenvalue weighted by atomic mass is 16.4. The number of hydrogen-bond donors (Lipinski definition) is 6. The smallest absolute Gasteiger partial charge is 0.328 e. The molecule has 0 fully saturated rings. The van der Waals surface area contributed by atoms with Gasteiger partial charge >= 0.3 is 5.97 Å². The quantitative estimate of drug-likeness (QED) is 0.0843. The summed E-state index contributed by atoms with van der Waals surface area (Å²) in [5, 5.41) is 21.4. The van der Waals surface area contributed by atoms with E-state index in [1.165, 1.54) is 51.0 Å². The summed E-state index contributed by atoms with van der Waals surface area (Å²) < 4.78 is 0. The van der Waals surface area contributed by atoms with E-state index in [4.69, 9.17) is 16.6 Å². The fraction of sp³-hybridized carbons (Fsp3) is 0.652. The number of carbonyl (C=O) groups is 1. The molecule has 1 unspecified atom stereocenters. The highest BCUT2D eigenvalue weighted by Gasteiger charge is 2.16. The molecular formula is C23H41N5O3. The largest absolute Gasteiger partial charge is 0.478 e. The van der Waals surface area contributed by atoms with Gasteiger partial charge in [0.15, 0.2) is 5.96 Å². The van der Waals surface area contributed by atoms with Crippen LogP contribution in [0.5, 0.6) is 0 Å². The second-order valence-corrected chi connectivity index (χ2v) is 7.98. The zero-order chi connectivity index (χ0) is 22.7. The predicted octanol–water partition coefficient (Wildman–Crippen LogP) is 3.75. The van der Waals surface area contributed by atoms with Crippen molar-refractivity contribution in [1.82, 2.24) is 4.98 Å². The van der Waals surface area contributed by atoms with Gasteiger partial charge in [-0.25, -0.2) is 9.79 Å². The van der Waals surface area contributed by atoms with Crippen LogP contribution in [-0.4, -0.2) is 46.3 Å². The maximum absolute atomic E-state index is 11.3. The number of nitrogens with two attached hydrogens (primary N) is 2. The molecule has 0 bridgehead atoms. The molecule has 0 amide bonds. The Hall–Kier alpha value is -2.48. The monoisotopic (exact) mass is 435 g/mol. The number of carboxylic acids is 1. The van der Waals surface area contributed by atoms with E-state index in [0.29, 0.717) is 12.2 Å². The first-order valence-electron chi connectivity index (χ1n) is 11.5. The lowest BCUT2D eigenvalue weighted by Gasteiger charge is -2.21. The molecule has 0 radical (unpaired) electrons. The number of unbranched alkanes of at least 4 members (excludes halogenated alkanes) is 10. The van der Waals surface area contributed by atoms with Crippen LogP contribution in [0.2, 0.25) is 0 Å². The number of rotatable bonds is 19. The Morgan fingerprint density at radius 2 is 1.61 bits per heavy atom. The molecule has 0 saturated heterocycles. The third-order valence-electron chi connectivity index (χ3n) is 5.28. The van der Waals surface area contributed by atoms with Crippen LogP contribution < -0.4 is 16.8 Å². The predicted molar refractivity (Wildman–Crippen MR) is 127 cm³/mol. The molecule has 0 spiro atoms. The van der Waals surface area contributed by atoms with Crippen LogP contribution >= 0.6 is 0 Å². The number of guanidine groups is 1. The highest BCUT2D eigenvalue weighted by Crippen LogP contribution is 2.19. The zero-order valence-corrected chi connectivity index (χ0v) is 18.7. The average Bonchev–Trinajstić information content (AvgIpc) is 3.24. The SMILES string of the molecule is NC(N)=NCC(=CC(=O)O)C(CCCCCCCCCCCCCO)Nc1ccc[nH]1. The molecule has 0 aliphatic heterocycles. The number of hydrogen-bond acceptors (Lipinski definition) is 4. The molecule has 1 rings (SSSR count). The summed E-state index contributed by atoms with van der Waals surface area (Å²) >= 11 is 0. The van der Waals surface area contributed by atoms with E-state index >= 15 is 0 Å². The van der Waals surface area contributed by atoms with Crippen LogP contribution in [0.4, 0.5) is 5.82 Å². The summed E-state index contributed by atoms with van der Waals surface area (Å²) in [5.74, 6) is -0.219. The molecular weight excluding hydrogens is 394 g/mol. The normalized spacial score (nSPS) is 12.5. The van der Waals surface area contributed by atoms with E-state index in [9.17, 15) is 9.90 Å². The van der Waals surface area contributed by atoms with E-state index in [1.54, 1.807) is 0 Å². The number of aliphatic imine (C=N–C) groups is 1. The number of H-pyrrole nitrogens is 1. The summed E-state index contributed by atoms with van der Waals surface area (Å²) in [7, 11) is 0. The fourth-order valence-corrected chi connectivity index (χ4v) is 3.61. The number of aromatic amines is 1. The van der Waals surface area contributed by atoms with Gasteiger partial charge in [0, 0.05) is 18.9 Å². The molecule has 0 saturated carbocycles. The van der Waals surface area contributed by atoms with Crippen molar-refractivity contribution in [3.05, 3.63) is 30.0 Å². The van der Waals surface area contributed by atoms with Crippen molar-refractivity contribution < 1.29 is 15.0 Å². The van der Waals surface area contributed by atoms with Gasteiger partial charge in [-0.15, -0.1) is 0 Å². The van der Waals surface area contributed by atoms with Crippen molar-refractivity contribution in [2.45, 2.75) is 83.1 Å². The van der Waals surface area contributed by atoms with Gasteiger partial charge in [-0.2, -0.15) is 0 Å². The summed E-state index contributed by atoms with van der Waals surface area (Å²) in [5.41, 5.74) is 11.5. The second-order valence-electron chi connectivity index (χ2n) is 7.98. The Morgan fingerprint density at radius 1 is 1.03 bits per heavy atom. The van der Waals surface area contributed by atoms with Gasteiger partial charge in [-0.05, 0) is 30.5 Å². The molecule has 1 heterocycles. The van der Waals surface area contributed by atoms with Crippen LogP contribution in [0.3, 0.4) is 0 Å². The topological polar surface area (TPSA) is 150 Å². The third kappa shape index (κ3) is 14.2. The number of carboxylic acid groups (broad SMARTS) is 1. The minimum Gasteiger partial charge on any atom is -0.478 e. The number of aliphatic carboxylic acids is 1. The van der Waals surface area contributed by atoms with Gasteiger partial charge in [-0.1, -0.05) is 64.2 Å². The van der Waals surface area contributed by atoms with Crippen molar-refractivity contribution >= 4 is 17.7 Å². The lowest BCUT2D eigenvalue weighted by atomic mass is 9.98. The Labute approximate surface area is 186 Å². The maximum atomic E-state index is 11.3. The van der Waals surface area contributed by atoms with Crippen molar-refractivity contribution in [2.75, 3.05) is 18.5 Å². The van der Waals surface area contributed by atoms with Crippen LogP contribution in [0.15, 0.2) is 35.0 Å². The van der Waals surface area contributed by atoms with Crippen LogP contribution in [0, 0.1) is 0 Å². The van der Waals surface area contributed by atoms with E-state index in [-0.39, 0.29) is 18.5 Å². The first-order chi connectivity index (χ1) is 15.0. The number of aliphatic hydroxyl groups is 1. The number of anilines is 1. The van der Waals surface area contributed by atoms with Gasteiger partial charge in [0.1, 0.15) is 5.82 Å². The van der Waals surface area contributed by atoms with Crippen LogP contribution in [0.1, 0.15) is 77.0 Å². The summed E-state index contributed by atoms with van der Waals surface area (Å²) in [6.45, 7) is 0.467. The third-order valence-corrected chi connectivity index (χ3v) is 5.28. The van der Waals surface area contributed by atoms with E-state index in [2.05, 4.69) is 15.3 Å². The number of aliphatic hydroxyl groups excluding tert-OH is 1. The van der Waals surface area contributed by atoms with Crippen molar-refractivity contribution in [2.24, 2.45) is 16.5 Å². The standard InChI is InChI=1S/C23H41N5O3/c24-23(25)27-18-19(17-22(30)31)20(28-21-14-12-15-26-21)13-10-8-6-4-2-1-3-5-7-9-11-16-29/h12,14-15,17,20,26,28-29H,1-11,13,16,18H2,(H,30,31)(H4,24,25,27). The number of aromatic nitrogens is 1. The van der Waals surface area contributed by atoms with Crippen LogP contribution in [-0.2, 0) is 4.79 Å². The molecule has 1 aromatic rings. The van der Waals surface area contributed by atoms with Gasteiger partial charge in [0.05, 0.1) is 12.6 Å². The average molecular weight is 436 g/mol.